The molecule has 2 N–H and O–H groups in total. The summed E-state index contributed by atoms with van der Waals surface area (Å²) < 4.78 is 0.843. The lowest BCUT2D eigenvalue weighted by Gasteiger charge is -2.11. The third-order valence-electron chi connectivity index (χ3n) is 2.15. The van der Waals surface area contributed by atoms with E-state index >= 15 is 0 Å². The van der Waals surface area contributed by atoms with Gasteiger partial charge >= 0.3 is 5.97 Å². The predicted octanol–water partition coefficient (Wildman–Crippen LogP) is 1.80. The van der Waals surface area contributed by atoms with E-state index in [9.17, 15) is 9.59 Å². The average Bonchev–Trinajstić information content (AvgIpc) is 2.21. The van der Waals surface area contributed by atoms with Crippen molar-refractivity contribution < 1.29 is 14.7 Å². The number of carbonyl (C=O) groups excluding carboxylic acids is 1. The fourth-order valence-electron chi connectivity index (χ4n) is 1.16. The molecule has 16 heavy (non-hydrogen) atoms. The molecule has 0 aliphatic heterocycles. The Kier molecular flexibility index (Phi) is 4.28. The second kappa shape index (κ2) is 5.29. The van der Waals surface area contributed by atoms with Crippen LogP contribution < -0.4 is 5.32 Å². The van der Waals surface area contributed by atoms with Crippen LogP contribution in [0, 0.1) is 10.5 Å². The maximum atomic E-state index is 11.8. The van der Waals surface area contributed by atoms with Gasteiger partial charge < -0.3 is 10.4 Å². The zero-order valence-electron chi connectivity index (χ0n) is 8.95. The minimum absolute atomic E-state index is 0.358. The summed E-state index contributed by atoms with van der Waals surface area (Å²) in [6.07, 6.45) is 0. The van der Waals surface area contributed by atoms with Crippen molar-refractivity contribution in [1.29, 1.82) is 0 Å². The second-order valence-electron chi connectivity index (χ2n) is 3.47. The Bertz CT molecular complexity index is 431. The summed E-state index contributed by atoms with van der Waals surface area (Å²) in [7, 11) is 0. The molecule has 4 nitrogen and oxygen atoms in total. The van der Waals surface area contributed by atoms with Crippen LogP contribution in [0.1, 0.15) is 22.8 Å². The van der Waals surface area contributed by atoms with E-state index in [0.717, 1.165) is 9.13 Å². The first-order valence-electron chi connectivity index (χ1n) is 4.72. The topological polar surface area (TPSA) is 66.4 Å². The second-order valence-corrected chi connectivity index (χ2v) is 4.55. The number of benzene rings is 1. The predicted molar refractivity (Wildman–Crippen MR) is 68.5 cm³/mol. The van der Waals surface area contributed by atoms with Crippen LogP contribution in [0.15, 0.2) is 18.2 Å². The Morgan fingerprint density at radius 1 is 1.44 bits per heavy atom. The van der Waals surface area contributed by atoms with Gasteiger partial charge in [-0.25, -0.2) is 0 Å². The van der Waals surface area contributed by atoms with Crippen LogP contribution in [0.2, 0.25) is 0 Å². The van der Waals surface area contributed by atoms with Gasteiger partial charge in [0.2, 0.25) is 0 Å². The number of rotatable bonds is 3. The molecular formula is C11H12INO3. The minimum Gasteiger partial charge on any atom is -0.480 e. The quantitative estimate of drug-likeness (QED) is 0.829. The molecule has 1 aromatic rings. The standard InChI is InChI=1S/C11H12INO3/c1-6-4-3-5-8(9(6)12)10(14)13-7(2)11(15)16/h3-5,7H,1-2H3,(H,13,14)(H,15,16)/t7-/m0/s1. The zero-order chi connectivity index (χ0) is 12.3. The summed E-state index contributed by atoms with van der Waals surface area (Å²) in [5.41, 5.74) is 1.50. The first kappa shape index (κ1) is 13.0. The monoisotopic (exact) mass is 333 g/mol. The first-order chi connectivity index (χ1) is 7.43. The molecule has 0 aromatic heterocycles. The average molecular weight is 333 g/mol. The Morgan fingerprint density at radius 3 is 2.62 bits per heavy atom. The molecule has 1 aromatic carbocycles. The Labute approximate surface area is 107 Å². The number of halogens is 1. The van der Waals surface area contributed by atoms with Crippen LogP contribution >= 0.6 is 22.6 Å². The fourth-order valence-corrected chi connectivity index (χ4v) is 1.76. The number of nitrogens with one attached hydrogen (secondary N) is 1. The van der Waals surface area contributed by atoms with Crippen molar-refractivity contribution in [2.45, 2.75) is 19.9 Å². The van der Waals surface area contributed by atoms with Crippen molar-refractivity contribution in [2.24, 2.45) is 0 Å². The smallest absolute Gasteiger partial charge is 0.325 e. The van der Waals surface area contributed by atoms with Crippen LogP contribution in [0.3, 0.4) is 0 Å². The van der Waals surface area contributed by atoms with E-state index in [4.69, 9.17) is 5.11 Å². The molecule has 0 aliphatic rings. The molecule has 0 saturated carbocycles. The van der Waals surface area contributed by atoms with Crippen molar-refractivity contribution >= 4 is 34.5 Å². The van der Waals surface area contributed by atoms with Crippen molar-refractivity contribution in [3.8, 4) is 0 Å². The lowest BCUT2D eigenvalue weighted by atomic mass is 10.1. The number of amides is 1. The Balaban J connectivity index is 2.89. The molecule has 86 valence electrons. The minimum atomic E-state index is -1.05. The van der Waals surface area contributed by atoms with Crippen molar-refractivity contribution in [2.75, 3.05) is 0 Å². The summed E-state index contributed by atoms with van der Waals surface area (Å²) >= 11 is 2.08. The van der Waals surface area contributed by atoms with Gasteiger partial charge in [0.1, 0.15) is 6.04 Å². The molecule has 0 saturated heterocycles. The molecule has 1 rings (SSSR count). The van der Waals surface area contributed by atoms with Gasteiger partial charge in [-0.2, -0.15) is 0 Å². The van der Waals surface area contributed by atoms with Crippen LogP contribution in [0.5, 0.6) is 0 Å². The van der Waals surface area contributed by atoms with Gasteiger partial charge in [0.05, 0.1) is 5.56 Å². The highest BCUT2D eigenvalue weighted by Crippen LogP contribution is 2.16. The van der Waals surface area contributed by atoms with Gasteiger partial charge in [0.15, 0.2) is 0 Å². The molecule has 1 amide bonds. The third kappa shape index (κ3) is 2.94. The summed E-state index contributed by atoms with van der Waals surface area (Å²) in [6.45, 7) is 3.34. The number of carboxylic acids is 1. The van der Waals surface area contributed by atoms with Crippen LogP contribution in [-0.4, -0.2) is 23.0 Å². The van der Waals surface area contributed by atoms with Gasteiger partial charge in [-0.05, 0) is 48.1 Å². The number of carboxylic acid groups (broad SMARTS) is 1. The van der Waals surface area contributed by atoms with Crippen molar-refractivity contribution in [1.82, 2.24) is 5.32 Å². The van der Waals surface area contributed by atoms with Crippen LogP contribution in [0.25, 0.3) is 0 Å². The summed E-state index contributed by atoms with van der Waals surface area (Å²) in [4.78, 5) is 22.4. The Morgan fingerprint density at radius 2 is 2.06 bits per heavy atom. The lowest BCUT2D eigenvalue weighted by Crippen LogP contribution is -2.38. The normalized spacial score (nSPS) is 11.9. The number of hydrogen-bond acceptors (Lipinski definition) is 2. The highest BCUT2D eigenvalue weighted by Gasteiger charge is 2.17. The lowest BCUT2D eigenvalue weighted by molar-refractivity contribution is -0.138. The number of carbonyl (C=O) groups is 2. The molecule has 0 unspecified atom stereocenters. The summed E-state index contributed by atoms with van der Waals surface area (Å²) in [5.74, 6) is -1.40. The number of aryl methyl sites for hydroxylation is 1. The van der Waals surface area contributed by atoms with E-state index in [2.05, 4.69) is 27.9 Å². The molecule has 0 radical (unpaired) electrons. The summed E-state index contributed by atoms with van der Waals surface area (Å²) in [5, 5.41) is 11.1. The van der Waals surface area contributed by atoms with Gasteiger partial charge in [-0.15, -0.1) is 0 Å². The summed E-state index contributed by atoms with van der Waals surface area (Å²) in [6, 6.07) is 4.47. The van der Waals surface area contributed by atoms with E-state index in [-0.39, 0.29) is 5.91 Å². The van der Waals surface area contributed by atoms with E-state index in [1.807, 2.05) is 13.0 Å². The van der Waals surface area contributed by atoms with Gasteiger partial charge in [-0.3, -0.25) is 9.59 Å². The molecule has 0 fully saturated rings. The van der Waals surface area contributed by atoms with Crippen LogP contribution in [0.4, 0.5) is 0 Å². The number of aliphatic carboxylic acids is 1. The zero-order valence-corrected chi connectivity index (χ0v) is 11.1. The van der Waals surface area contributed by atoms with E-state index in [1.165, 1.54) is 6.92 Å². The molecule has 0 heterocycles. The van der Waals surface area contributed by atoms with Gasteiger partial charge in [0, 0.05) is 3.57 Å². The fraction of sp³-hybridized carbons (Fsp3) is 0.273. The molecule has 0 spiro atoms. The van der Waals surface area contributed by atoms with Crippen molar-refractivity contribution in [3.63, 3.8) is 0 Å². The highest BCUT2D eigenvalue weighted by molar-refractivity contribution is 14.1. The number of hydrogen-bond donors (Lipinski definition) is 2. The maximum absolute atomic E-state index is 11.8. The first-order valence-corrected chi connectivity index (χ1v) is 5.80. The largest absolute Gasteiger partial charge is 0.480 e. The SMILES string of the molecule is Cc1cccc(C(=O)N[C@@H](C)C(=O)O)c1I. The third-order valence-corrected chi connectivity index (χ3v) is 3.59. The molecule has 5 heteroatoms. The van der Waals surface area contributed by atoms with Gasteiger partial charge in [0.25, 0.3) is 5.91 Å². The van der Waals surface area contributed by atoms with E-state index in [1.54, 1.807) is 12.1 Å². The molecule has 0 bridgehead atoms. The van der Waals surface area contributed by atoms with Crippen LogP contribution in [-0.2, 0) is 4.79 Å². The van der Waals surface area contributed by atoms with Gasteiger partial charge in [-0.1, -0.05) is 12.1 Å². The molecular weight excluding hydrogens is 321 g/mol. The molecule has 1 atom stereocenters. The molecule has 0 aliphatic carbocycles. The van der Waals surface area contributed by atoms with E-state index in [0.29, 0.717) is 5.56 Å². The van der Waals surface area contributed by atoms with Crippen molar-refractivity contribution in [3.05, 3.63) is 32.9 Å². The highest BCUT2D eigenvalue weighted by atomic mass is 127. The Hall–Kier alpha value is -1.11. The van der Waals surface area contributed by atoms with E-state index < -0.39 is 12.0 Å². The maximum Gasteiger partial charge on any atom is 0.325 e.